The molecule has 1 aliphatic rings. The van der Waals surface area contributed by atoms with Gasteiger partial charge in [-0.15, -0.1) is 0 Å². The Morgan fingerprint density at radius 3 is 2.29 bits per heavy atom. The van der Waals surface area contributed by atoms with Crippen LogP contribution in [0.25, 0.3) is 0 Å². The number of carbonyl (C=O) groups excluding carboxylic acids is 1. The summed E-state index contributed by atoms with van der Waals surface area (Å²) >= 11 is 0. The van der Waals surface area contributed by atoms with Crippen LogP contribution in [0.2, 0.25) is 0 Å². The van der Waals surface area contributed by atoms with E-state index in [0.29, 0.717) is 23.0 Å². The van der Waals surface area contributed by atoms with Crippen molar-refractivity contribution >= 4 is 30.3 Å². The first-order valence-electron chi connectivity index (χ1n) is 7.33. The molecule has 1 heterocycles. The molecule has 7 nitrogen and oxygen atoms in total. The van der Waals surface area contributed by atoms with E-state index in [1.54, 1.807) is 30.3 Å². The minimum atomic E-state index is -0.583. The van der Waals surface area contributed by atoms with Crippen molar-refractivity contribution < 1.29 is 14.1 Å². The molecular formula is C16H17BN4O3. The molecule has 1 saturated heterocycles. The molecule has 8 heteroatoms. The maximum absolute atomic E-state index is 11.3. The van der Waals surface area contributed by atoms with Gasteiger partial charge >= 0.3 is 7.12 Å². The molecule has 0 atom stereocenters. The highest BCUT2D eigenvalue weighted by molar-refractivity contribution is 6.62. The largest absolute Gasteiger partial charge is 0.494 e. The number of nitrogens with one attached hydrogen (secondary N) is 1. The number of hydrogen-bond donors (Lipinski definition) is 1. The number of anilines is 1. The van der Waals surface area contributed by atoms with Crippen molar-refractivity contribution in [1.29, 1.82) is 10.5 Å². The van der Waals surface area contributed by atoms with E-state index in [0.717, 1.165) is 0 Å². The van der Waals surface area contributed by atoms with Crippen LogP contribution in [0.15, 0.2) is 23.3 Å². The Balaban J connectivity index is 2.28. The summed E-state index contributed by atoms with van der Waals surface area (Å²) < 4.78 is 11.9. The van der Waals surface area contributed by atoms with Crippen molar-refractivity contribution in [2.24, 2.45) is 5.10 Å². The van der Waals surface area contributed by atoms with Crippen molar-refractivity contribution in [3.63, 3.8) is 0 Å². The van der Waals surface area contributed by atoms with Gasteiger partial charge in [0, 0.05) is 5.56 Å². The fraction of sp³-hybridized carbons (Fsp3) is 0.375. The van der Waals surface area contributed by atoms with Gasteiger partial charge < -0.3 is 9.31 Å². The van der Waals surface area contributed by atoms with E-state index >= 15 is 0 Å². The summed E-state index contributed by atoms with van der Waals surface area (Å²) in [5.41, 5.74) is 2.66. The summed E-state index contributed by atoms with van der Waals surface area (Å²) in [4.78, 5) is 11.3. The summed E-state index contributed by atoms with van der Waals surface area (Å²) in [7, 11) is -0.583. The topological polar surface area (TPSA) is 107 Å². The van der Waals surface area contributed by atoms with Crippen LogP contribution in [0.5, 0.6) is 0 Å². The monoisotopic (exact) mass is 324 g/mol. The number of aldehydes is 1. The number of nitriles is 2. The molecule has 0 aromatic heterocycles. The van der Waals surface area contributed by atoms with Crippen LogP contribution in [0.3, 0.4) is 0 Å². The highest BCUT2D eigenvalue weighted by Gasteiger charge is 2.51. The maximum Gasteiger partial charge on any atom is 0.494 e. The molecule has 1 aliphatic heterocycles. The van der Waals surface area contributed by atoms with Crippen molar-refractivity contribution in [1.82, 2.24) is 0 Å². The molecule has 0 unspecified atom stereocenters. The maximum atomic E-state index is 11.3. The van der Waals surface area contributed by atoms with E-state index < -0.39 is 18.3 Å². The van der Waals surface area contributed by atoms with Crippen molar-refractivity contribution in [2.45, 2.75) is 38.9 Å². The summed E-state index contributed by atoms with van der Waals surface area (Å²) in [6.07, 6.45) is 0.658. The van der Waals surface area contributed by atoms with Crippen LogP contribution >= 0.6 is 0 Å². The zero-order chi connectivity index (χ0) is 18.0. The molecule has 1 aromatic carbocycles. The molecule has 0 aliphatic carbocycles. The fourth-order valence-corrected chi connectivity index (χ4v) is 2.10. The van der Waals surface area contributed by atoms with E-state index in [1.165, 1.54) is 0 Å². The number of hydrazone groups is 1. The van der Waals surface area contributed by atoms with E-state index in [2.05, 4.69) is 10.5 Å². The quantitative estimate of drug-likeness (QED) is 0.390. The smallest absolute Gasteiger partial charge is 0.399 e. The molecule has 1 fully saturated rings. The van der Waals surface area contributed by atoms with Gasteiger partial charge in [0.1, 0.15) is 12.1 Å². The third-order valence-corrected chi connectivity index (χ3v) is 4.23. The normalized spacial score (nSPS) is 17.5. The molecular weight excluding hydrogens is 307 g/mol. The van der Waals surface area contributed by atoms with Crippen LogP contribution in [-0.2, 0) is 9.31 Å². The zero-order valence-corrected chi connectivity index (χ0v) is 14.0. The lowest BCUT2D eigenvalue weighted by atomic mass is 9.78. The molecule has 0 spiro atoms. The molecule has 1 aromatic rings. The van der Waals surface area contributed by atoms with Gasteiger partial charge in [-0.25, -0.2) is 0 Å². The molecule has 0 amide bonds. The summed E-state index contributed by atoms with van der Waals surface area (Å²) in [5, 5.41) is 21.0. The first kappa shape index (κ1) is 17.7. The lowest BCUT2D eigenvalue weighted by molar-refractivity contribution is 0.00578. The molecule has 0 saturated carbocycles. The minimum Gasteiger partial charge on any atom is -0.399 e. The van der Waals surface area contributed by atoms with E-state index in [1.807, 2.05) is 27.7 Å². The number of carbonyl (C=O) groups is 1. The second-order valence-electron chi connectivity index (χ2n) is 6.35. The van der Waals surface area contributed by atoms with Gasteiger partial charge in [0.25, 0.3) is 0 Å². The summed E-state index contributed by atoms with van der Waals surface area (Å²) in [6.45, 7) is 7.79. The number of nitrogens with zero attached hydrogens (tertiary/aromatic N) is 3. The van der Waals surface area contributed by atoms with Crippen LogP contribution < -0.4 is 10.9 Å². The van der Waals surface area contributed by atoms with E-state index in [9.17, 15) is 4.79 Å². The molecule has 0 bridgehead atoms. The fourth-order valence-electron chi connectivity index (χ4n) is 2.10. The highest BCUT2D eigenvalue weighted by atomic mass is 16.7. The average Bonchev–Trinajstić information content (AvgIpc) is 2.76. The van der Waals surface area contributed by atoms with E-state index in [4.69, 9.17) is 19.8 Å². The third kappa shape index (κ3) is 3.30. The van der Waals surface area contributed by atoms with Gasteiger partial charge in [-0.2, -0.15) is 15.6 Å². The minimum absolute atomic E-state index is 0.321. The standard InChI is InChI=1S/C16H17BN4O3/c1-15(2)16(3,4)24-17(23-15)12-5-6-14(11(7-12)10-22)21-20-13(8-18)9-19/h5-7,10,21H,1-4H3. The summed E-state index contributed by atoms with van der Waals surface area (Å²) in [5.74, 6) is 0. The van der Waals surface area contributed by atoms with Gasteiger partial charge in [0.05, 0.1) is 16.9 Å². The number of hydrogen-bond acceptors (Lipinski definition) is 7. The van der Waals surface area contributed by atoms with Crippen molar-refractivity contribution in [3.05, 3.63) is 23.8 Å². The molecule has 0 radical (unpaired) electrons. The lowest BCUT2D eigenvalue weighted by Gasteiger charge is -2.32. The number of benzene rings is 1. The van der Waals surface area contributed by atoms with Crippen LogP contribution in [0, 0.1) is 22.7 Å². The molecule has 122 valence electrons. The van der Waals surface area contributed by atoms with Gasteiger partial charge in [-0.05, 0) is 45.3 Å². The van der Waals surface area contributed by atoms with Gasteiger partial charge in [-0.3, -0.25) is 10.2 Å². The van der Waals surface area contributed by atoms with Gasteiger partial charge in [-0.1, -0.05) is 6.07 Å². The van der Waals surface area contributed by atoms with Crippen LogP contribution in [0.1, 0.15) is 38.1 Å². The average molecular weight is 324 g/mol. The Morgan fingerprint density at radius 2 is 1.79 bits per heavy atom. The van der Waals surface area contributed by atoms with Crippen LogP contribution in [0.4, 0.5) is 5.69 Å². The molecule has 2 rings (SSSR count). The zero-order valence-electron chi connectivity index (χ0n) is 14.0. The number of rotatable bonds is 4. The summed E-state index contributed by atoms with van der Waals surface area (Å²) in [6, 6.07) is 8.26. The highest BCUT2D eigenvalue weighted by Crippen LogP contribution is 2.36. The molecule has 1 N–H and O–H groups in total. The van der Waals surface area contributed by atoms with E-state index in [-0.39, 0.29) is 5.71 Å². The van der Waals surface area contributed by atoms with Gasteiger partial charge in [0.2, 0.25) is 5.71 Å². The predicted molar refractivity (Wildman–Crippen MR) is 89.8 cm³/mol. The Morgan fingerprint density at radius 1 is 1.21 bits per heavy atom. The lowest BCUT2D eigenvalue weighted by Crippen LogP contribution is -2.41. The Bertz CT molecular complexity index is 743. The first-order chi connectivity index (χ1) is 11.2. The predicted octanol–water partition coefficient (Wildman–Crippen LogP) is 1.61. The van der Waals surface area contributed by atoms with Crippen molar-refractivity contribution in [2.75, 3.05) is 5.43 Å². The van der Waals surface area contributed by atoms with Crippen LogP contribution in [-0.4, -0.2) is 30.3 Å². The SMILES string of the molecule is CC1(C)OB(c2ccc(NN=C(C#N)C#N)c(C=O)c2)OC1(C)C. The first-order valence-corrected chi connectivity index (χ1v) is 7.33. The Labute approximate surface area is 141 Å². The second-order valence-corrected chi connectivity index (χ2v) is 6.35. The van der Waals surface area contributed by atoms with Gasteiger partial charge in [0.15, 0.2) is 6.29 Å². The molecule has 24 heavy (non-hydrogen) atoms. The second kappa shape index (κ2) is 6.44. The third-order valence-electron chi connectivity index (χ3n) is 4.23. The Kier molecular flexibility index (Phi) is 4.74. The van der Waals surface area contributed by atoms with Crippen molar-refractivity contribution in [3.8, 4) is 12.1 Å². The Hall–Kier alpha value is -2.68.